The van der Waals surface area contributed by atoms with Gasteiger partial charge in [0.15, 0.2) is 0 Å². The predicted octanol–water partition coefficient (Wildman–Crippen LogP) is 4.67. The van der Waals surface area contributed by atoms with Gasteiger partial charge in [-0.25, -0.2) is 10.2 Å². The number of hydrogen-bond acceptors (Lipinski definition) is 5. The fourth-order valence-electron chi connectivity index (χ4n) is 2.60. The highest BCUT2D eigenvalue weighted by Crippen LogP contribution is 2.18. The van der Waals surface area contributed by atoms with Gasteiger partial charge in [-0.2, -0.15) is 5.10 Å². The number of hydrogen-bond donors (Lipinski definition) is 2. The summed E-state index contributed by atoms with van der Waals surface area (Å²) in [5, 5.41) is 7.18. The molecule has 2 N–H and O–H groups in total. The number of carbonyl (C=O) groups is 3. The maximum absolute atomic E-state index is 12.4. The second-order valence-corrected chi connectivity index (χ2v) is 7.05. The van der Waals surface area contributed by atoms with Crippen LogP contribution >= 0.6 is 11.6 Å². The number of amides is 2. The lowest BCUT2D eigenvalue weighted by Crippen LogP contribution is -2.18. The summed E-state index contributed by atoms with van der Waals surface area (Å²) >= 11 is 5.84. The summed E-state index contributed by atoms with van der Waals surface area (Å²) in [4.78, 5) is 36.1. The van der Waals surface area contributed by atoms with E-state index in [1.165, 1.54) is 6.21 Å². The number of hydrazone groups is 1. The summed E-state index contributed by atoms with van der Waals surface area (Å²) in [6, 6.07) is 19.6. The third-order valence-electron chi connectivity index (χ3n) is 4.32. The molecule has 0 atom stereocenters. The van der Waals surface area contributed by atoms with Crippen molar-refractivity contribution >= 4 is 41.3 Å². The van der Waals surface area contributed by atoms with Gasteiger partial charge in [-0.05, 0) is 60.7 Å². The first-order valence-electron chi connectivity index (χ1n) is 9.76. The number of carbonyl (C=O) groups excluding carboxylic acids is 3. The molecule has 3 rings (SSSR count). The molecule has 0 aromatic heterocycles. The van der Waals surface area contributed by atoms with Gasteiger partial charge in [-0.15, -0.1) is 0 Å². The van der Waals surface area contributed by atoms with Crippen LogP contribution in [0.4, 0.5) is 5.69 Å². The highest BCUT2D eigenvalue weighted by atomic mass is 35.5. The number of anilines is 1. The van der Waals surface area contributed by atoms with E-state index in [2.05, 4.69) is 15.8 Å². The Morgan fingerprint density at radius 1 is 0.938 bits per heavy atom. The molecular formula is C24H20ClN3O4. The maximum atomic E-state index is 12.4. The Balaban J connectivity index is 1.63. The molecule has 0 radical (unpaired) electrons. The number of nitrogens with one attached hydrogen (secondary N) is 2. The normalized spacial score (nSPS) is 10.6. The first-order valence-corrected chi connectivity index (χ1v) is 10.1. The summed E-state index contributed by atoms with van der Waals surface area (Å²) in [5.74, 6) is -0.782. The van der Waals surface area contributed by atoms with Crippen molar-refractivity contribution in [1.82, 2.24) is 5.43 Å². The number of rotatable bonds is 7. The van der Waals surface area contributed by atoms with E-state index in [0.29, 0.717) is 39.6 Å². The molecule has 0 aliphatic carbocycles. The van der Waals surface area contributed by atoms with E-state index in [-0.39, 0.29) is 5.91 Å². The van der Waals surface area contributed by atoms with Crippen LogP contribution in [0.15, 0.2) is 77.9 Å². The average molecular weight is 450 g/mol. The Kier molecular flexibility index (Phi) is 7.72. The lowest BCUT2D eigenvalue weighted by atomic mass is 10.2. The molecule has 0 heterocycles. The van der Waals surface area contributed by atoms with E-state index in [1.54, 1.807) is 79.7 Å². The predicted molar refractivity (Wildman–Crippen MR) is 123 cm³/mol. The van der Waals surface area contributed by atoms with Crippen molar-refractivity contribution in [3.63, 3.8) is 0 Å². The van der Waals surface area contributed by atoms with Crippen molar-refractivity contribution in [2.45, 2.75) is 13.3 Å². The second-order valence-electron chi connectivity index (χ2n) is 6.61. The minimum absolute atomic E-state index is 0.109. The molecule has 162 valence electrons. The fraction of sp³-hybridized carbons (Fsp3) is 0.0833. The first-order chi connectivity index (χ1) is 15.5. The Bertz CT molecular complexity index is 1140. The topological polar surface area (TPSA) is 96.9 Å². The number of halogens is 1. The number of ether oxygens (including phenoxy) is 1. The summed E-state index contributed by atoms with van der Waals surface area (Å²) in [5.41, 5.74) is 4.27. The largest absolute Gasteiger partial charge is 0.422 e. The summed E-state index contributed by atoms with van der Waals surface area (Å²) in [6.07, 6.45) is 1.76. The van der Waals surface area contributed by atoms with E-state index in [4.69, 9.17) is 16.3 Å². The molecular weight excluding hydrogens is 430 g/mol. The molecule has 0 aliphatic heterocycles. The monoisotopic (exact) mass is 449 g/mol. The third kappa shape index (κ3) is 6.26. The highest BCUT2D eigenvalue weighted by molar-refractivity contribution is 6.30. The van der Waals surface area contributed by atoms with Gasteiger partial charge in [0.25, 0.3) is 5.91 Å². The van der Waals surface area contributed by atoms with E-state index in [9.17, 15) is 14.4 Å². The second kappa shape index (κ2) is 10.9. The molecule has 0 saturated heterocycles. The highest BCUT2D eigenvalue weighted by Gasteiger charge is 2.11. The van der Waals surface area contributed by atoms with Crippen molar-refractivity contribution in [1.29, 1.82) is 0 Å². The minimum Gasteiger partial charge on any atom is -0.422 e. The van der Waals surface area contributed by atoms with E-state index >= 15 is 0 Å². The smallest absolute Gasteiger partial charge is 0.343 e. The lowest BCUT2D eigenvalue weighted by molar-refractivity contribution is -0.115. The molecule has 3 aromatic rings. The molecule has 7 nitrogen and oxygen atoms in total. The molecule has 0 fully saturated rings. The van der Waals surface area contributed by atoms with E-state index in [1.807, 2.05) is 0 Å². The van der Waals surface area contributed by atoms with Crippen LogP contribution in [0.3, 0.4) is 0 Å². The van der Waals surface area contributed by atoms with E-state index < -0.39 is 11.9 Å². The van der Waals surface area contributed by atoms with Gasteiger partial charge < -0.3 is 10.1 Å². The SMILES string of the molecule is CCC(=O)Nc1ccc(C(=O)NN=Cc2ccccc2OC(=O)c2ccc(Cl)cc2)cc1. The minimum atomic E-state index is -0.540. The molecule has 3 aromatic carbocycles. The summed E-state index contributed by atoms with van der Waals surface area (Å²) < 4.78 is 5.45. The van der Waals surface area contributed by atoms with Crippen molar-refractivity contribution < 1.29 is 19.1 Å². The number of nitrogens with zero attached hydrogens (tertiary/aromatic N) is 1. The van der Waals surface area contributed by atoms with Crippen LogP contribution in [-0.2, 0) is 4.79 Å². The van der Waals surface area contributed by atoms with Gasteiger partial charge in [0.1, 0.15) is 5.75 Å². The third-order valence-corrected chi connectivity index (χ3v) is 4.58. The Hall–Kier alpha value is -3.97. The van der Waals surface area contributed by atoms with Crippen molar-refractivity contribution in [3.8, 4) is 5.75 Å². The lowest BCUT2D eigenvalue weighted by Gasteiger charge is -2.07. The zero-order chi connectivity index (χ0) is 22.9. The molecule has 0 bridgehead atoms. The number of para-hydroxylation sites is 1. The average Bonchev–Trinajstić information content (AvgIpc) is 2.81. The van der Waals surface area contributed by atoms with Gasteiger partial charge in [0.2, 0.25) is 5.91 Å². The van der Waals surface area contributed by atoms with Crippen molar-refractivity contribution in [2.24, 2.45) is 5.10 Å². The van der Waals surface area contributed by atoms with Gasteiger partial charge in [-0.1, -0.05) is 30.7 Å². The van der Waals surface area contributed by atoms with Crippen LogP contribution in [0.5, 0.6) is 5.75 Å². The molecule has 0 unspecified atom stereocenters. The Morgan fingerprint density at radius 3 is 2.28 bits per heavy atom. The standard InChI is InChI=1S/C24H20ClN3O4/c1-2-22(29)27-20-13-9-16(10-14-20)23(30)28-26-15-18-5-3-4-6-21(18)32-24(31)17-7-11-19(25)12-8-17/h3-15H,2H2,1H3,(H,27,29)(H,28,30). The maximum Gasteiger partial charge on any atom is 0.343 e. The molecule has 32 heavy (non-hydrogen) atoms. The quantitative estimate of drug-likeness (QED) is 0.237. The summed E-state index contributed by atoms with van der Waals surface area (Å²) in [6.45, 7) is 1.76. The molecule has 0 aliphatic rings. The van der Waals surface area contributed by atoms with Gasteiger partial charge >= 0.3 is 5.97 Å². The van der Waals surface area contributed by atoms with Gasteiger partial charge in [0, 0.05) is 28.3 Å². The van der Waals surface area contributed by atoms with E-state index in [0.717, 1.165) is 0 Å². The van der Waals surface area contributed by atoms with Gasteiger partial charge in [0.05, 0.1) is 11.8 Å². The van der Waals surface area contributed by atoms with Crippen LogP contribution in [-0.4, -0.2) is 24.0 Å². The molecule has 8 heteroatoms. The number of benzene rings is 3. The molecule has 0 spiro atoms. The van der Waals surface area contributed by atoms with Gasteiger partial charge in [-0.3, -0.25) is 9.59 Å². The van der Waals surface area contributed by atoms with Crippen molar-refractivity contribution in [2.75, 3.05) is 5.32 Å². The van der Waals surface area contributed by atoms with Crippen LogP contribution in [0, 0.1) is 0 Å². The fourth-order valence-corrected chi connectivity index (χ4v) is 2.73. The zero-order valence-electron chi connectivity index (χ0n) is 17.2. The zero-order valence-corrected chi connectivity index (χ0v) is 17.9. The molecule has 2 amide bonds. The Labute approximate surface area is 190 Å². The Morgan fingerprint density at radius 2 is 1.59 bits per heavy atom. The van der Waals surface area contributed by atoms with Crippen molar-refractivity contribution in [3.05, 3.63) is 94.5 Å². The van der Waals surface area contributed by atoms with Crippen LogP contribution in [0.25, 0.3) is 0 Å². The van der Waals surface area contributed by atoms with Crippen LogP contribution < -0.4 is 15.5 Å². The summed E-state index contributed by atoms with van der Waals surface area (Å²) in [7, 11) is 0. The van der Waals surface area contributed by atoms with Crippen LogP contribution in [0.1, 0.15) is 39.6 Å². The van der Waals surface area contributed by atoms with Crippen LogP contribution in [0.2, 0.25) is 5.02 Å². The number of esters is 1. The first kappa shape index (κ1) is 22.7. The molecule has 0 saturated carbocycles.